The van der Waals surface area contributed by atoms with Crippen LogP contribution in [-0.2, 0) is 4.79 Å². The Morgan fingerprint density at radius 3 is 2.53 bits per heavy atom. The molecule has 36 heavy (non-hydrogen) atoms. The number of rotatable bonds is 5. The van der Waals surface area contributed by atoms with Crippen LogP contribution in [0.25, 0.3) is 17.1 Å². The van der Waals surface area contributed by atoms with E-state index in [0.717, 1.165) is 16.3 Å². The number of carbonyl (C=O) groups is 1. The predicted octanol–water partition coefficient (Wildman–Crippen LogP) is 5.73. The molecule has 1 aromatic heterocycles. The van der Waals surface area contributed by atoms with Gasteiger partial charge in [-0.15, -0.1) is 22.0 Å². The number of thioether (sulfide) groups is 2. The van der Waals surface area contributed by atoms with E-state index >= 15 is 0 Å². The second-order valence-electron chi connectivity index (χ2n) is 8.36. The molecule has 1 amide bonds. The van der Waals surface area contributed by atoms with Crippen molar-refractivity contribution in [2.24, 2.45) is 0 Å². The van der Waals surface area contributed by atoms with Gasteiger partial charge in [0.05, 0.1) is 28.3 Å². The quantitative estimate of drug-likeness (QED) is 0.346. The molecule has 1 aliphatic heterocycles. The third-order valence-electron chi connectivity index (χ3n) is 6.13. The maximum atomic E-state index is 13.7. The summed E-state index contributed by atoms with van der Waals surface area (Å²) in [7, 11) is 0. The number of phenols is 1. The van der Waals surface area contributed by atoms with Crippen molar-refractivity contribution < 1.29 is 9.90 Å². The summed E-state index contributed by atoms with van der Waals surface area (Å²) < 4.78 is 1.89. The molecule has 0 bridgehead atoms. The number of aromatic hydroxyl groups is 1. The molecular formula is C28H22N4O2S2. The standard InChI is InChI=1S/C28H22N4O2S2/c33-23-15-7-4-12-20(23)27-29-30-28(31(27)19-10-2-1-3-11-19)35-18-26(34)32-21-13-5-8-16-24(21)36-25-17-9-6-14-22(25)32/h1-17,21,24,33H,18H2/t21-,24+/m1/s1. The summed E-state index contributed by atoms with van der Waals surface area (Å²) in [6.45, 7) is 0. The number of anilines is 1. The fourth-order valence-corrected chi connectivity index (χ4v) is 6.56. The number of fused-ring (bicyclic) bond motifs is 2. The van der Waals surface area contributed by atoms with Crippen molar-refractivity contribution in [3.8, 4) is 22.8 Å². The number of benzene rings is 3. The lowest BCUT2D eigenvalue weighted by molar-refractivity contribution is -0.116. The molecule has 0 fully saturated rings. The van der Waals surface area contributed by atoms with Crippen LogP contribution < -0.4 is 4.90 Å². The molecule has 0 spiro atoms. The first-order valence-electron chi connectivity index (χ1n) is 11.6. The lowest BCUT2D eigenvalue weighted by atomic mass is 10.0. The maximum absolute atomic E-state index is 13.7. The highest BCUT2D eigenvalue weighted by Crippen LogP contribution is 2.44. The van der Waals surface area contributed by atoms with Crippen molar-refractivity contribution in [3.63, 3.8) is 0 Å². The monoisotopic (exact) mass is 510 g/mol. The van der Waals surface area contributed by atoms with Gasteiger partial charge in [-0.3, -0.25) is 9.36 Å². The maximum Gasteiger partial charge on any atom is 0.238 e. The fraction of sp³-hybridized carbons (Fsp3) is 0.107. The Bertz CT molecular complexity index is 1480. The highest BCUT2D eigenvalue weighted by Gasteiger charge is 2.36. The molecule has 6 rings (SSSR count). The van der Waals surface area contributed by atoms with E-state index in [1.54, 1.807) is 23.9 Å². The van der Waals surface area contributed by atoms with Crippen LogP contribution in [0.5, 0.6) is 5.75 Å². The average molecular weight is 511 g/mol. The summed E-state index contributed by atoms with van der Waals surface area (Å²) in [6, 6.07) is 24.8. The summed E-state index contributed by atoms with van der Waals surface area (Å²) in [4.78, 5) is 16.7. The minimum atomic E-state index is -0.0354. The van der Waals surface area contributed by atoms with Gasteiger partial charge in [-0.25, -0.2) is 0 Å². The molecule has 0 saturated heterocycles. The molecule has 2 aliphatic rings. The van der Waals surface area contributed by atoms with Gasteiger partial charge in [-0.2, -0.15) is 0 Å². The number of phenolic OH excluding ortho intramolecular Hbond substituents is 1. The van der Waals surface area contributed by atoms with Crippen LogP contribution in [0.4, 0.5) is 5.69 Å². The van der Waals surface area contributed by atoms with Crippen LogP contribution in [0.1, 0.15) is 0 Å². The van der Waals surface area contributed by atoms with Crippen LogP contribution >= 0.6 is 23.5 Å². The molecule has 4 aromatic rings. The molecule has 0 unspecified atom stereocenters. The van der Waals surface area contributed by atoms with Crippen molar-refractivity contribution in [2.75, 3.05) is 10.7 Å². The molecule has 6 nitrogen and oxygen atoms in total. The number of para-hydroxylation sites is 3. The normalized spacial score (nSPS) is 18.1. The molecular weight excluding hydrogens is 488 g/mol. The predicted molar refractivity (Wildman–Crippen MR) is 145 cm³/mol. The lowest BCUT2D eigenvalue weighted by Gasteiger charge is -2.40. The van der Waals surface area contributed by atoms with Gasteiger partial charge in [0.15, 0.2) is 11.0 Å². The summed E-state index contributed by atoms with van der Waals surface area (Å²) >= 11 is 3.14. The van der Waals surface area contributed by atoms with Gasteiger partial charge >= 0.3 is 0 Å². The number of carbonyl (C=O) groups excluding carboxylic acids is 1. The SMILES string of the molecule is O=C(CSc1nnc(-c2ccccc2O)n1-c1ccccc1)N1c2ccccc2S[C@H]2C=CC=C[C@H]21. The van der Waals surface area contributed by atoms with E-state index in [1.807, 2.05) is 82.3 Å². The topological polar surface area (TPSA) is 71.2 Å². The van der Waals surface area contributed by atoms with Gasteiger partial charge in [-0.1, -0.05) is 78.5 Å². The fourth-order valence-electron chi connectivity index (χ4n) is 4.49. The zero-order valence-corrected chi connectivity index (χ0v) is 20.8. The van der Waals surface area contributed by atoms with Crippen molar-refractivity contribution in [1.82, 2.24) is 14.8 Å². The Hall–Kier alpha value is -3.75. The first kappa shape index (κ1) is 22.7. The molecule has 2 heterocycles. The molecule has 1 N–H and O–H groups in total. The summed E-state index contributed by atoms with van der Waals surface area (Å²) in [5.74, 6) is 0.857. The van der Waals surface area contributed by atoms with Gasteiger partial charge in [0.2, 0.25) is 5.91 Å². The van der Waals surface area contributed by atoms with E-state index in [-0.39, 0.29) is 28.7 Å². The number of allylic oxidation sites excluding steroid dienone is 2. The van der Waals surface area contributed by atoms with Crippen LogP contribution in [0.2, 0.25) is 0 Å². The van der Waals surface area contributed by atoms with Crippen molar-refractivity contribution in [1.29, 1.82) is 0 Å². The van der Waals surface area contributed by atoms with Gasteiger partial charge in [0, 0.05) is 10.6 Å². The minimum absolute atomic E-state index is 0.00872. The molecule has 1 aliphatic carbocycles. The first-order chi connectivity index (χ1) is 17.7. The zero-order chi connectivity index (χ0) is 24.5. The van der Waals surface area contributed by atoms with Crippen LogP contribution in [0.3, 0.4) is 0 Å². The Morgan fingerprint density at radius 1 is 0.917 bits per heavy atom. The van der Waals surface area contributed by atoms with Gasteiger partial charge in [0.1, 0.15) is 5.75 Å². The molecule has 8 heteroatoms. The highest BCUT2D eigenvalue weighted by molar-refractivity contribution is 8.00. The van der Waals surface area contributed by atoms with Gasteiger partial charge in [0.25, 0.3) is 0 Å². The summed E-state index contributed by atoms with van der Waals surface area (Å²) in [5.41, 5.74) is 2.38. The molecule has 178 valence electrons. The van der Waals surface area contributed by atoms with E-state index in [4.69, 9.17) is 0 Å². The third kappa shape index (κ3) is 4.12. The average Bonchev–Trinajstić information content (AvgIpc) is 3.34. The number of aromatic nitrogens is 3. The Labute approximate surface area is 217 Å². The van der Waals surface area contributed by atoms with E-state index in [0.29, 0.717) is 16.5 Å². The van der Waals surface area contributed by atoms with E-state index in [2.05, 4.69) is 28.4 Å². The van der Waals surface area contributed by atoms with Crippen molar-refractivity contribution in [2.45, 2.75) is 21.3 Å². The zero-order valence-electron chi connectivity index (χ0n) is 19.1. The third-order valence-corrected chi connectivity index (χ3v) is 8.35. The Morgan fingerprint density at radius 2 is 1.67 bits per heavy atom. The second-order valence-corrected chi connectivity index (χ2v) is 10.5. The molecule has 0 saturated carbocycles. The Kier molecular flexibility index (Phi) is 6.13. The molecule has 2 atom stereocenters. The first-order valence-corrected chi connectivity index (χ1v) is 13.4. The van der Waals surface area contributed by atoms with E-state index < -0.39 is 0 Å². The summed E-state index contributed by atoms with van der Waals surface area (Å²) in [6.07, 6.45) is 8.30. The van der Waals surface area contributed by atoms with Crippen LogP contribution in [-0.4, -0.2) is 42.8 Å². The Balaban J connectivity index is 1.33. The number of hydrogen-bond donors (Lipinski definition) is 1. The summed E-state index contributed by atoms with van der Waals surface area (Å²) in [5, 5.41) is 20.1. The minimum Gasteiger partial charge on any atom is -0.507 e. The van der Waals surface area contributed by atoms with Crippen molar-refractivity contribution >= 4 is 35.1 Å². The highest BCUT2D eigenvalue weighted by atomic mass is 32.2. The largest absolute Gasteiger partial charge is 0.507 e. The smallest absolute Gasteiger partial charge is 0.238 e. The van der Waals surface area contributed by atoms with E-state index in [1.165, 1.54) is 11.8 Å². The lowest BCUT2D eigenvalue weighted by Crippen LogP contribution is -2.48. The van der Waals surface area contributed by atoms with Crippen LogP contribution in [0.15, 0.2) is 113 Å². The molecule has 0 radical (unpaired) electrons. The van der Waals surface area contributed by atoms with E-state index in [9.17, 15) is 9.90 Å². The number of amides is 1. The van der Waals surface area contributed by atoms with Crippen molar-refractivity contribution in [3.05, 3.63) is 103 Å². The number of hydrogen-bond acceptors (Lipinski definition) is 6. The number of nitrogens with zero attached hydrogens (tertiary/aromatic N) is 4. The van der Waals surface area contributed by atoms with Gasteiger partial charge in [-0.05, 0) is 36.4 Å². The molecule has 3 aromatic carbocycles. The van der Waals surface area contributed by atoms with Gasteiger partial charge < -0.3 is 10.0 Å². The van der Waals surface area contributed by atoms with Crippen LogP contribution in [0, 0.1) is 0 Å². The second kappa shape index (κ2) is 9.72.